The lowest BCUT2D eigenvalue weighted by molar-refractivity contribution is -0.137. The molecule has 1 aliphatic rings. The average Bonchev–Trinajstić information content (AvgIpc) is 2.27. The number of rotatable bonds is 5. The molecule has 1 heterocycles. The fourth-order valence-electron chi connectivity index (χ4n) is 2.09. The molecule has 0 bridgehead atoms. The van der Waals surface area contributed by atoms with E-state index in [-0.39, 0.29) is 25.2 Å². The maximum Gasteiger partial charge on any atom is 0.323 e. The van der Waals surface area contributed by atoms with Crippen molar-refractivity contribution in [3.63, 3.8) is 0 Å². The number of nitrogens with one attached hydrogen (secondary N) is 1. The first kappa shape index (κ1) is 14.5. The molecule has 0 radical (unpaired) electrons. The number of likely N-dealkylation sites (tertiary alicyclic amines) is 1. The van der Waals surface area contributed by atoms with Gasteiger partial charge in [0.05, 0.1) is 0 Å². The van der Waals surface area contributed by atoms with Gasteiger partial charge >= 0.3 is 12.0 Å². The molecule has 2 amide bonds. The summed E-state index contributed by atoms with van der Waals surface area (Å²) in [5.41, 5.74) is 0. The summed E-state index contributed by atoms with van der Waals surface area (Å²) in [5.74, 6) is -1.02. The molecule has 0 aromatic carbocycles. The molecule has 0 aliphatic carbocycles. The van der Waals surface area contributed by atoms with Gasteiger partial charge in [-0.25, -0.2) is 4.79 Å². The third-order valence-electron chi connectivity index (χ3n) is 2.91. The zero-order chi connectivity index (χ0) is 13.5. The second kappa shape index (κ2) is 7.00. The Kier molecular flexibility index (Phi) is 5.64. The molecule has 18 heavy (non-hydrogen) atoms. The van der Waals surface area contributed by atoms with Crippen LogP contribution < -0.4 is 5.32 Å². The number of likely N-dealkylation sites (N-methyl/N-ethyl adjacent to an activating group) is 1. The van der Waals surface area contributed by atoms with Crippen molar-refractivity contribution in [1.82, 2.24) is 15.1 Å². The molecule has 6 nitrogen and oxygen atoms in total. The highest BCUT2D eigenvalue weighted by Gasteiger charge is 2.22. The average molecular weight is 255 g/mol. The summed E-state index contributed by atoms with van der Waals surface area (Å²) in [6, 6.07) is -0.241. The van der Waals surface area contributed by atoms with E-state index in [1.54, 1.807) is 0 Å². The molecule has 102 valence electrons. The van der Waals surface area contributed by atoms with Crippen molar-refractivity contribution in [3.8, 4) is 0 Å². The van der Waals surface area contributed by atoms with Crippen molar-refractivity contribution in [2.24, 2.45) is 0 Å². The van der Waals surface area contributed by atoms with Gasteiger partial charge < -0.3 is 20.2 Å². The summed E-state index contributed by atoms with van der Waals surface area (Å²) in [5, 5.41) is 11.6. The number of piperidine rings is 1. The van der Waals surface area contributed by atoms with Crippen molar-refractivity contribution >= 4 is 12.0 Å². The fraction of sp³-hybridized carbons (Fsp3) is 0.667. The van der Waals surface area contributed by atoms with Crippen molar-refractivity contribution in [1.29, 1.82) is 0 Å². The van der Waals surface area contributed by atoms with Crippen molar-refractivity contribution < 1.29 is 14.7 Å². The smallest absolute Gasteiger partial charge is 0.323 e. The highest BCUT2D eigenvalue weighted by Crippen LogP contribution is 2.08. The molecule has 1 aliphatic heterocycles. The fourth-order valence-corrected chi connectivity index (χ4v) is 2.09. The van der Waals surface area contributed by atoms with Crippen LogP contribution in [-0.4, -0.2) is 66.2 Å². The predicted molar refractivity (Wildman–Crippen MR) is 68.5 cm³/mol. The lowest BCUT2D eigenvalue weighted by Crippen LogP contribution is -2.51. The molecule has 1 saturated heterocycles. The summed E-state index contributed by atoms with van der Waals surface area (Å²) in [7, 11) is 2.01. The highest BCUT2D eigenvalue weighted by molar-refractivity contribution is 5.80. The van der Waals surface area contributed by atoms with Gasteiger partial charge in [0.1, 0.15) is 6.54 Å². The topological polar surface area (TPSA) is 72.9 Å². The summed E-state index contributed by atoms with van der Waals surface area (Å²) in [4.78, 5) is 26.0. The van der Waals surface area contributed by atoms with Crippen LogP contribution >= 0.6 is 0 Å². The first-order valence-corrected chi connectivity index (χ1v) is 6.09. The molecule has 0 saturated carbocycles. The molecule has 1 fully saturated rings. The van der Waals surface area contributed by atoms with E-state index in [9.17, 15) is 9.59 Å². The quantitative estimate of drug-likeness (QED) is 0.696. The minimum atomic E-state index is -1.02. The van der Waals surface area contributed by atoms with E-state index in [2.05, 4.69) is 16.8 Å². The molecule has 1 unspecified atom stereocenters. The Labute approximate surface area is 107 Å². The van der Waals surface area contributed by atoms with Crippen LogP contribution in [0.1, 0.15) is 12.8 Å². The number of aliphatic carboxylic acids is 1. The number of hydrogen-bond donors (Lipinski definition) is 2. The number of carboxylic acid groups (broad SMARTS) is 1. The van der Waals surface area contributed by atoms with Gasteiger partial charge in [-0.05, 0) is 26.4 Å². The van der Waals surface area contributed by atoms with Crippen LogP contribution in [0.25, 0.3) is 0 Å². The number of urea groups is 1. The molecular weight excluding hydrogens is 234 g/mol. The number of nitrogens with zero attached hydrogens (tertiary/aromatic N) is 2. The molecule has 0 aromatic rings. The van der Waals surface area contributed by atoms with Crippen molar-refractivity contribution in [3.05, 3.63) is 12.7 Å². The summed E-state index contributed by atoms with van der Waals surface area (Å²) in [6.45, 7) is 5.30. The van der Waals surface area contributed by atoms with Gasteiger partial charge in [-0.3, -0.25) is 4.79 Å². The predicted octanol–water partition coefficient (Wildman–Crippen LogP) is 0.363. The van der Waals surface area contributed by atoms with Crippen LogP contribution in [0.15, 0.2) is 12.7 Å². The number of amides is 2. The lowest BCUT2D eigenvalue weighted by Gasteiger charge is -2.31. The zero-order valence-corrected chi connectivity index (χ0v) is 10.8. The van der Waals surface area contributed by atoms with Crippen LogP contribution in [0, 0.1) is 0 Å². The molecule has 0 aromatic heterocycles. The SMILES string of the molecule is C=CCN(CC(=O)O)C(=O)NC1CCCN(C)C1. The lowest BCUT2D eigenvalue weighted by atomic mass is 10.1. The van der Waals surface area contributed by atoms with Crippen LogP contribution in [0.2, 0.25) is 0 Å². The number of carbonyl (C=O) groups excluding carboxylic acids is 1. The summed E-state index contributed by atoms with van der Waals surface area (Å²) < 4.78 is 0. The first-order chi connectivity index (χ1) is 8.52. The molecule has 0 spiro atoms. The summed E-state index contributed by atoms with van der Waals surface area (Å²) in [6.07, 6.45) is 3.50. The first-order valence-electron chi connectivity index (χ1n) is 6.09. The van der Waals surface area contributed by atoms with Crippen LogP contribution in [0.3, 0.4) is 0 Å². The van der Waals surface area contributed by atoms with Crippen LogP contribution in [0.5, 0.6) is 0 Å². The third-order valence-corrected chi connectivity index (χ3v) is 2.91. The number of carboxylic acids is 1. The van der Waals surface area contributed by atoms with Gasteiger partial charge in [0, 0.05) is 19.1 Å². The third kappa shape index (κ3) is 4.75. The van der Waals surface area contributed by atoms with Crippen LogP contribution in [0.4, 0.5) is 4.79 Å². The Hall–Kier alpha value is -1.56. The van der Waals surface area contributed by atoms with E-state index in [0.717, 1.165) is 25.9 Å². The van der Waals surface area contributed by atoms with E-state index in [1.807, 2.05) is 7.05 Å². The standard InChI is InChI=1S/C12H21N3O3/c1-3-6-15(9-11(16)17)12(18)13-10-5-4-7-14(2)8-10/h3,10H,1,4-9H2,2H3,(H,13,18)(H,16,17). The monoisotopic (exact) mass is 255 g/mol. The van der Waals surface area contributed by atoms with Gasteiger partial charge in [0.25, 0.3) is 0 Å². The van der Waals surface area contributed by atoms with Gasteiger partial charge in [-0.1, -0.05) is 6.08 Å². The van der Waals surface area contributed by atoms with E-state index < -0.39 is 5.97 Å². The highest BCUT2D eigenvalue weighted by atomic mass is 16.4. The Balaban J connectivity index is 2.49. The largest absolute Gasteiger partial charge is 0.480 e. The molecule has 1 atom stereocenters. The molecule has 1 rings (SSSR count). The second-order valence-electron chi connectivity index (χ2n) is 4.61. The van der Waals surface area contributed by atoms with E-state index in [0.29, 0.717) is 0 Å². The Bertz CT molecular complexity index is 320. The van der Waals surface area contributed by atoms with Crippen molar-refractivity contribution in [2.75, 3.05) is 33.2 Å². The van der Waals surface area contributed by atoms with Gasteiger partial charge in [0.15, 0.2) is 0 Å². The molecule has 2 N–H and O–H groups in total. The molecule has 6 heteroatoms. The van der Waals surface area contributed by atoms with E-state index in [1.165, 1.54) is 11.0 Å². The normalized spacial score (nSPS) is 20.2. The van der Waals surface area contributed by atoms with Crippen molar-refractivity contribution in [2.45, 2.75) is 18.9 Å². The minimum Gasteiger partial charge on any atom is -0.480 e. The number of hydrogen-bond acceptors (Lipinski definition) is 3. The van der Waals surface area contributed by atoms with E-state index in [4.69, 9.17) is 5.11 Å². The summed E-state index contributed by atoms with van der Waals surface area (Å²) >= 11 is 0. The minimum absolute atomic E-state index is 0.0948. The molecular formula is C12H21N3O3. The van der Waals surface area contributed by atoms with Gasteiger partial charge in [-0.2, -0.15) is 0 Å². The van der Waals surface area contributed by atoms with Gasteiger partial charge in [-0.15, -0.1) is 6.58 Å². The maximum atomic E-state index is 11.9. The van der Waals surface area contributed by atoms with E-state index >= 15 is 0 Å². The zero-order valence-electron chi connectivity index (χ0n) is 10.8. The number of carbonyl (C=O) groups is 2. The second-order valence-corrected chi connectivity index (χ2v) is 4.61. The Morgan fingerprint density at radius 2 is 2.33 bits per heavy atom. The maximum absolute atomic E-state index is 11.9. The Morgan fingerprint density at radius 3 is 2.89 bits per heavy atom. The van der Waals surface area contributed by atoms with Crippen LogP contribution in [-0.2, 0) is 4.79 Å². The Morgan fingerprint density at radius 1 is 1.61 bits per heavy atom. The van der Waals surface area contributed by atoms with Gasteiger partial charge in [0.2, 0.25) is 0 Å².